The van der Waals surface area contributed by atoms with Gasteiger partial charge >= 0.3 is 0 Å². The highest BCUT2D eigenvalue weighted by atomic mass is 28.4. The molecular weight excluding hydrogens is 244 g/mol. The number of phenols is 1. The van der Waals surface area contributed by atoms with Gasteiger partial charge in [0.15, 0.2) is 0 Å². The number of carbonyl (C=O) groups excluding carboxylic acids is 1. The third-order valence-corrected chi connectivity index (χ3v) is 7.81. The Balaban J connectivity index is 2.65. The Morgan fingerprint density at radius 1 is 1.22 bits per heavy atom. The van der Waals surface area contributed by atoms with Crippen LogP contribution in [-0.2, 0) is 15.6 Å². The summed E-state index contributed by atoms with van der Waals surface area (Å²) in [6.07, 6.45) is 0.257. The summed E-state index contributed by atoms with van der Waals surface area (Å²) < 4.78 is 5.67. The lowest BCUT2D eigenvalue weighted by Gasteiger charge is -2.35. The Morgan fingerprint density at radius 3 is 2.17 bits per heavy atom. The molecule has 18 heavy (non-hydrogen) atoms. The van der Waals surface area contributed by atoms with Crippen molar-refractivity contribution in [2.24, 2.45) is 0 Å². The molecule has 0 fully saturated rings. The summed E-state index contributed by atoms with van der Waals surface area (Å²) in [7, 11) is -2.03. The van der Waals surface area contributed by atoms with Crippen LogP contribution in [0.4, 0.5) is 0 Å². The first-order chi connectivity index (χ1) is 8.12. The van der Waals surface area contributed by atoms with Crippen molar-refractivity contribution >= 4 is 14.3 Å². The van der Waals surface area contributed by atoms with Crippen molar-refractivity contribution in [2.45, 2.75) is 45.3 Å². The van der Waals surface area contributed by atoms with Crippen molar-refractivity contribution in [2.75, 3.05) is 0 Å². The zero-order chi connectivity index (χ0) is 14.0. The number of carbonyl (C=O) groups is 1. The summed E-state index contributed by atoms with van der Waals surface area (Å²) in [5.41, 5.74) is 0.858. The fourth-order valence-corrected chi connectivity index (χ4v) is 2.20. The first-order valence-corrected chi connectivity index (χ1v) is 9.02. The summed E-state index contributed by atoms with van der Waals surface area (Å²) >= 11 is 0. The monoisotopic (exact) mass is 266 g/mol. The molecule has 4 heteroatoms. The number of phenolic OH excluding ortho intramolecular Hbond substituents is 1. The van der Waals surface area contributed by atoms with Gasteiger partial charge in [-0.05, 0) is 35.8 Å². The summed E-state index contributed by atoms with van der Waals surface area (Å²) in [6.45, 7) is 10.4. The molecule has 0 aliphatic carbocycles. The Kier molecular flexibility index (Phi) is 4.22. The molecule has 0 aliphatic heterocycles. The lowest BCUT2D eigenvalue weighted by molar-refractivity contribution is -0.134. The molecule has 0 heterocycles. The van der Waals surface area contributed by atoms with E-state index in [1.165, 1.54) is 0 Å². The second kappa shape index (κ2) is 5.14. The highest BCUT2D eigenvalue weighted by Crippen LogP contribution is 2.36. The molecule has 0 bridgehead atoms. The van der Waals surface area contributed by atoms with Crippen molar-refractivity contribution in [3.8, 4) is 5.75 Å². The van der Waals surface area contributed by atoms with E-state index < -0.39 is 8.32 Å². The van der Waals surface area contributed by atoms with Gasteiger partial charge < -0.3 is 9.53 Å². The Labute approximate surface area is 110 Å². The van der Waals surface area contributed by atoms with Gasteiger partial charge in [-0.15, -0.1) is 0 Å². The van der Waals surface area contributed by atoms with Crippen molar-refractivity contribution < 1.29 is 14.3 Å². The second-order valence-corrected chi connectivity index (χ2v) is 10.8. The zero-order valence-electron chi connectivity index (χ0n) is 11.8. The minimum Gasteiger partial charge on any atom is -0.519 e. The Bertz CT molecular complexity index is 416. The van der Waals surface area contributed by atoms with Crippen molar-refractivity contribution in [3.05, 3.63) is 29.8 Å². The lowest BCUT2D eigenvalue weighted by Crippen LogP contribution is -2.42. The average molecular weight is 266 g/mol. The van der Waals surface area contributed by atoms with Gasteiger partial charge in [0.2, 0.25) is 0 Å². The Morgan fingerprint density at radius 2 is 1.72 bits per heavy atom. The summed E-state index contributed by atoms with van der Waals surface area (Å²) in [5, 5.41) is 9.20. The van der Waals surface area contributed by atoms with Crippen LogP contribution < -0.4 is 0 Å². The van der Waals surface area contributed by atoms with Crippen LogP contribution in [0, 0.1) is 0 Å². The lowest BCUT2D eigenvalue weighted by atomic mass is 10.1. The second-order valence-electron chi connectivity index (χ2n) is 6.08. The molecule has 0 saturated heterocycles. The van der Waals surface area contributed by atoms with E-state index >= 15 is 0 Å². The molecule has 0 spiro atoms. The molecule has 1 rings (SSSR count). The number of benzene rings is 1. The van der Waals surface area contributed by atoms with Gasteiger partial charge in [0.05, 0.1) is 6.42 Å². The molecule has 0 amide bonds. The van der Waals surface area contributed by atoms with Crippen LogP contribution in [0.5, 0.6) is 5.75 Å². The molecule has 0 atom stereocenters. The fraction of sp³-hybridized carbons (Fsp3) is 0.500. The van der Waals surface area contributed by atoms with Gasteiger partial charge in [-0.25, -0.2) is 0 Å². The quantitative estimate of drug-likeness (QED) is 0.852. The summed E-state index contributed by atoms with van der Waals surface area (Å²) in [4.78, 5) is 11.9. The van der Waals surface area contributed by atoms with Crippen LogP contribution in [0.25, 0.3) is 0 Å². The van der Waals surface area contributed by atoms with Gasteiger partial charge in [-0.2, -0.15) is 0 Å². The van der Waals surface area contributed by atoms with Crippen LogP contribution in [0.1, 0.15) is 26.3 Å². The van der Waals surface area contributed by atoms with Gasteiger partial charge in [0.25, 0.3) is 14.3 Å². The average Bonchev–Trinajstić information content (AvgIpc) is 2.19. The third-order valence-electron chi connectivity index (χ3n) is 3.46. The standard InChI is InChI=1S/C14H22O3Si/c1-14(2,3)18(4,5)17-13(16)10-11-6-8-12(15)9-7-11/h6-9,15H,10H2,1-5H3. The van der Waals surface area contributed by atoms with E-state index in [2.05, 4.69) is 33.9 Å². The number of aromatic hydroxyl groups is 1. The van der Waals surface area contributed by atoms with E-state index in [1.54, 1.807) is 24.3 Å². The van der Waals surface area contributed by atoms with E-state index in [4.69, 9.17) is 4.43 Å². The minimum absolute atomic E-state index is 0.0254. The minimum atomic E-state index is -2.03. The molecule has 3 nitrogen and oxygen atoms in total. The fourth-order valence-electron chi connectivity index (χ4n) is 1.25. The van der Waals surface area contributed by atoms with E-state index in [0.29, 0.717) is 0 Å². The molecule has 0 aromatic heterocycles. The molecule has 1 aromatic carbocycles. The maximum atomic E-state index is 11.9. The first kappa shape index (κ1) is 14.8. The molecule has 0 unspecified atom stereocenters. The zero-order valence-corrected chi connectivity index (χ0v) is 12.8. The molecule has 1 aromatic rings. The van der Waals surface area contributed by atoms with Crippen LogP contribution in [0.2, 0.25) is 18.1 Å². The van der Waals surface area contributed by atoms with Crippen LogP contribution >= 0.6 is 0 Å². The van der Waals surface area contributed by atoms with Crippen LogP contribution in [-0.4, -0.2) is 19.4 Å². The van der Waals surface area contributed by atoms with Crippen molar-refractivity contribution in [1.82, 2.24) is 0 Å². The maximum absolute atomic E-state index is 11.9. The van der Waals surface area contributed by atoms with Gasteiger partial charge in [-0.1, -0.05) is 32.9 Å². The molecule has 0 saturated carbocycles. The number of hydrogen-bond donors (Lipinski definition) is 1. The smallest absolute Gasteiger partial charge is 0.296 e. The highest BCUT2D eigenvalue weighted by Gasteiger charge is 2.40. The van der Waals surface area contributed by atoms with Gasteiger partial charge in [-0.3, -0.25) is 4.79 Å². The number of rotatable bonds is 3. The van der Waals surface area contributed by atoms with Crippen molar-refractivity contribution in [1.29, 1.82) is 0 Å². The summed E-state index contributed by atoms with van der Waals surface area (Å²) in [6, 6.07) is 6.63. The van der Waals surface area contributed by atoms with E-state index in [9.17, 15) is 9.90 Å². The normalized spacial score (nSPS) is 12.3. The predicted molar refractivity (Wildman–Crippen MR) is 75.1 cm³/mol. The molecule has 0 aliphatic rings. The topological polar surface area (TPSA) is 46.5 Å². The SMILES string of the molecule is CC(C)(C)[Si](C)(C)OC(=O)Cc1ccc(O)cc1. The van der Waals surface area contributed by atoms with Crippen molar-refractivity contribution in [3.63, 3.8) is 0 Å². The summed E-state index contributed by atoms with van der Waals surface area (Å²) in [5.74, 6) is 0.0174. The van der Waals surface area contributed by atoms with Gasteiger partial charge in [0.1, 0.15) is 5.75 Å². The van der Waals surface area contributed by atoms with Gasteiger partial charge in [0, 0.05) is 0 Å². The Hall–Kier alpha value is -1.29. The third kappa shape index (κ3) is 3.87. The predicted octanol–water partition coefficient (Wildman–Crippen LogP) is 3.48. The molecular formula is C14H22O3Si. The van der Waals surface area contributed by atoms with Crippen LogP contribution in [0.3, 0.4) is 0 Å². The van der Waals surface area contributed by atoms with E-state index in [0.717, 1.165) is 5.56 Å². The molecule has 0 radical (unpaired) electrons. The van der Waals surface area contributed by atoms with E-state index in [-0.39, 0.29) is 23.2 Å². The van der Waals surface area contributed by atoms with Crippen LogP contribution in [0.15, 0.2) is 24.3 Å². The maximum Gasteiger partial charge on any atom is 0.296 e. The van der Waals surface area contributed by atoms with E-state index in [1.807, 2.05) is 0 Å². The molecule has 1 N–H and O–H groups in total. The number of hydrogen-bond acceptors (Lipinski definition) is 3. The largest absolute Gasteiger partial charge is 0.519 e. The first-order valence-electron chi connectivity index (χ1n) is 6.11. The molecule has 100 valence electrons. The highest BCUT2D eigenvalue weighted by molar-refractivity contribution is 6.75.